The van der Waals surface area contributed by atoms with Gasteiger partial charge < -0.3 is 9.73 Å². The molecule has 5 rings (SSSR count). The second-order valence-corrected chi connectivity index (χ2v) is 7.93. The highest BCUT2D eigenvalue weighted by Crippen LogP contribution is 2.32. The number of nitrogens with zero attached hydrogens (tertiary/aromatic N) is 1. The van der Waals surface area contributed by atoms with E-state index >= 15 is 0 Å². The molecule has 0 saturated carbocycles. The fourth-order valence-electron chi connectivity index (χ4n) is 3.46. The Morgan fingerprint density at radius 3 is 2.79 bits per heavy atom. The summed E-state index contributed by atoms with van der Waals surface area (Å²) in [6, 6.07) is 19.6. The topological polar surface area (TPSA) is 55.1 Å². The minimum absolute atomic E-state index is 0.138. The Kier molecular flexibility index (Phi) is 4.54. The first-order valence-electron chi connectivity index (χ1n) is 9.07. The van der Waals surface area contributed by atoms with Gasteiger partial charge in [-0.3, -0.25) is 4.79 Å². The molecule has 2 aromatic heterocycles. The minimum atomic E-state index is -0.138. The molecule has 0 atom stereocenters. The monoisotopic (exact) mass is 418 g/mol. The molecule has 1 N–H and O–H groups in total. The van der Waals surface area contributed by atoms with Crippen LogP contribution < -0.4 is 5.32 Å². The molecular formula is C23H15ClN2O2S. The number of aromatic nitrogens is 1. The molecule has 0 bridgehead atoms. The first-order valence-corrected chi connectivity index (χ1v) is 10.3. The summed E-state index contributed by atoms with van der Waals surface area (Å²) < 4.78 is 5.68. The number of thiazole rings is 1. The van der Waals surface area contributed by atoms with Gasteiger partial charge in [-0.25, -0.2) is 4.98 Å². The number of carbonyl (C=O) groups excluding carboxylic acids is 1. The zero-order valence-electron chi connectivity index (χ0n) is 15.2. The Morgan fingerprint density at radius 1 is 1.07 bits per heavy atom. The van der Waals surface area contributed by atoms with Crippen molar-refractivity contribution >= 4 is 55.7 Å². The maximum absolute atomic E-state index is 12.7. The van der Waals surface area contributed by atoms with Crippen LogP contribution >= 0.6 is 22.9 Å². The van der Waals surface area contributed by atoms with Gasteiger partial charge in [-0.2, -0.15) is 0 Å². The molecule has 0 unspecified atom stereocenters. The van der Waals surface area contributed by atoms with E-state index in [1.54, 1.807) is 6.26 Å². The van der Waals surface area contributed by atoms with Crippen molar-refractivity contribution in [3.63, 3.8) is 0 Å². The second kappa shape index (κ2) is 7.35. The van der Waals surface area contributed by atoms with Crippen molar-refractivity contribution in [2.24, 2.45) is 0 Å². The fourth-order valence-corrected chi connectivity index (χ4v) is 4.42. The second-order valence-electron chi connectivity index (χ2n) is 6.66. The van der Waals surface area contributed by atoms with E-state index in [4.69, 9.17) is 16.0 Å². The van der Waals surface area contributed by atoms with Crippen LogP contribution in [0, 0.1) is 0 Å². The Labute approximate surface area is 175 Å². The van der Waals surface area contributed by atoms with Gasteiger partial charge in [-0.05, 0) is 22.9 Å². The molecule has 0 aliphatic carbocycles. The first-order chi connectivity index (χ1) is 14.2. The summed E-state index contributed by atoms with van der Waals surface area (Å²) in [6.45, 7) is 0. The van der Waals surface area contributed by atoms with E-state index in [2.05, 4.69) is 16.4 Å². The van der Waals surface area contributed by atoms with Crippen LogP contribution in [0.15, 0.2) is 76.7 Å². The van der Waals surface area contributed by atoms with Crippen molar-refractivity contribution < 1.29 is 9.21 Å². The van der Waals surface area contributed by atoms with E-state index in [1.807, 2.05) is 60.0 Å². The number of benzene rings is 3. The summed E-state index contributed by atoms with van der Waals surface area (Å²) in [6.07, 6.45) is 1.87. The van der Waals surface area contributed by atoms with Crippen molar-refractivity contribution in [3.05, 3.63) is 82.9 Å². The Balaban J connectivity index is 1.39. The van der Waals surface area contributed by atoms with E-state index in [-0.39, 0.29) is 12.3 Å². The van der Waals surface area contributed by atoms with Crippen molar-refractivity contribution in [2.75, 3.05) is 5.32 Å². The highest BCUT2D eigenvalue weighted by atomic mass is 35.5. The molecule has 3 aromatic carbocycles. The molecule has 29 heavy (non-hydrogen) atoms. The molecule has 1 amide bonds. The summed E-state index contributed by atoms with van der Waals surface area (Å²) in [7, 11) is 0. The molecule has 0 radical (unpaired) electrons. The van der Waals surface area contributed by atoms with Gasteiger partial charge in [0.2, 0.25) is 5.91 Å². The summed E-state index contributed by atoms with van der Waals surface area (Å²) in [5.74, 6) is -0.138. The van der Waals surface area contributed by atoms with Gasteiger partial charge in [0.15, 0.2) is 5.13 Å². The Morgan fingerprint density at radius 2 is 1.90 bits per heavy atom. The highest BCUT2D eigenvalue weighted by molar-refractivity contribution is 7.14. The van der Waals surface area contributed by atoms with Crippen molar-refractivity contribution in [1.29, 1.82) is 0 Å². The van der Waals surface area contributed by atoms with E-state index in [1.165, 1.54) is 11.3 Å². The third kappa shape index (κ3) is 3.39. The lowest BCUT2D eigenvalue weighted by atomic mass is 10.0. The third-order valence-electron chi connectivity index (χ3n) is 4.79. The zero-order valence-corrected chi connectivity index (χ0v) is 16.8. The molecule has 4 nitrogen and oxygen atoms in total. The molecule has 0 fully saturated rings. The van der Waals surface area contributed by atoms with Gasteiger partial charge in [0, 0.05) is 26.9 Å². The van der Waals surface area contributed by atoms with E-state index in [0.717, 1.165) is 38.6 Å². The number of anilines is 1. The largest absolute Gasteiger partial charge is 0.464 e. The predicted molar refractivity (Wildman–Crippen MR) is 119 cm³/mol. The molecule has 5 aromatic rings. The van der Waals surface area contributed by atoms with Gasteiger partial charge in [-0.15, -0.1) is 11.3 Å². The predicted octanol–water partition coefficient (Wildman–Crippen LogP) is 6.54. The van der Waals surface area contributed by atoms with E-state index in [9.17, 15) is 4.79 Å². The first kappa shape index (κ1) is 17.9. The lowest BCUT2D eigenvalue weighted by Crippen LogP contribution is -2.14. The van der Waals surface area contributed by atoms with Crippen molar-refractivity contribution in [3.8, 4) is 11.3 Å². The maximum Gasteiger partial charge on any atom is 0.230 e. The Bertz CT molecular complexity index is 1360. The molecule has 0 aliphatic heterocycles. The number of halogens is 1. The van der Waals surface area contributed by atoms with Crippen LogP contribution in [-0.2, 0) is 11.2 Å². The SMILES string of the molecule is O=C(Cc1coc2ccc3ccccc3c12)Nc1nc(-c2ccccc2Cl)cs1. The van der Waals surface area contributed by atoms with Crippen molar-refractivity contribution in [1.82, 2.24) is 4.98 Å². The van der Waals surface area contributed by atoms with Crippen LogP contribution in [0.5, 0.6) is 0 Å². The summed E-state index contributed by atoms with van der Waals surface area (Å²) >= 11 is 7.61. The summed E-state index contributed by atoms with van der Waals surface area (Å²) in [5, 5.41) is 9.13. The van der Waals surface area contributed by atoms with E-state index in [0.29, 0.717) is 10.2 Å². The molecule has 6 heteroatoms. The number of hydrogen-bond donors (Lipinski definition) is 1. The number of hydrogen-bond acceptors (Lipinski definition) is 4. The van der Waals surface area contributed by atoms with Gasteiger partial charge in [0.1, 0.15) is 5.58 Å². The number of amides is 1. The average molecular weight is 419 g/mol. The van der Waals surface area contributed by atoms with Crippen LogP contribution in [-0.4, -0.2) is 10.9 Å². The highest BCUT2D eigenvalue weighted by Gasteiger charge is 2.15. The number of carbonyl (C=O) groups is 1. The van der Waals surface area contributed by atoms with Gasteiger partial charge in [0.05, 0.1) is 18.4 Å². The van der Waals surface area contributed by atoms with Crippen LogP contribution in [0.25, 0.3) is 33.0 Å². The average Bonchev–Trinajstić information content (AvgIpc) is 3.36. The lowest BCUT2D eigenvalue weighted by molar-refractivity contribution is -0.115. The van der Waals surface area contributed by atoms with Gasteiger partial charge in [-0.1, -0.05) is 60.1 Å². The Hall–Kier alpha value is -3.15. The van der Waals surface area contributed by atoms with Crippen LogP contribution in [0.1, 0.15) is 5.56 Å². The van der Waals surface area contributed by atoms with Crippen LogP contribution in [0.3, 0.4) is 0 Å². The van der Waals surface area contributed by atoms with E-state index < -0.39 is 0 Å². The number of furan rings is 1. The quantitative estimate of drug-likeness (QED) is 0.360. The van der Waals surface area contributed by atoms with Gasteiger partial charge >= 0.3 is 0 Å². The minimum Gasteiger partial charge on any atom is -0.464 e. The lowest BCUT2D eigenvalue weighted by Gasteiger charge is -2.03. The third-order valence-corrected chi connectivity index (χ3v) is 5.88. The fraction of sp³-hybridized carbons (Fsp3) is 0.0435. The molecule has 0 spiro atoms. The number of nitrogens with one attached hydrogen (secondary N) is 1. The normalized spacial score (nSPS) is 11.2. The van der Waals surface area contributed by atoms with Crippen LogP contribution in [0.2, 0.25) is 5.02 Å². The smallest absolute Gasteiger partial charge is 0.230 e. The standard InChI is InChI=1S/C23H15ClN2O2S/c24-18-8-4-3-7-17(18)19-13-29-23(25-19)26-21(27)11-15-12-28-20-10-9-14-5-1-2-6-16(14)22(15)20/h1-10,12-13H,11H2,(H,25,26,27). The summed E-state index contributed by atoms with van der Waals surface area (Å²) in [4.78, 5) is 17.2. The molecule has 142 valence electrons. The molecule has 0 saturated heterocycles. The van der Waals surface area contributed by atoms with Crippen LogP contribution in [0.4, 0.5) is 5.13 Å². The number of fused-ring (bicyclic) bond motifs is 3. The van der Waals surface area contributed by atoms with Crippen molar-refractivity contribution in [2.45, 2.75) is 6.42 Å². The number of rotatable bonds is 4. The van der Waals surface area contributed by atoms with Gasteiger partial charge in [0.25, 0.3) is 0 Å². The summed E-state index contributed by atoms with van der Waals surface area (Å²) in [5.41, 5.74) is 3.23. The molecular weight excluding hydrogens is 404 g/mol. The molecule has 2 heterocycles. The maximum atomic E-state index is 12.7. The molecule has 0 aliphatic rings. The zero-order chi connectivity index (χ0) is 19.8.